The van der Waals surface area contributed by atoms with Crippen molar-refractivity contribution in [3.63, 3.8) is 0 Å². The molecule has 0 fully saturated rings. The van der Waals surface area contributed by atoms with Gasteiger partial charge in [0.25, 0.3) is 0 Å². The molecule has 69 heavy (non-hydrogen) atoms. The molecule has 0 aliphatic heterocycles. The van der Waals surface area contributed by atoms with E-state index in [-0.39, 0.29) is 24.9 Å². The summed E-state index contributed by atoms with van der Waals surface area (Å²) in [6.07, 6.45) is 76.1. The van der Waals surface area contributed by atoms with E-state index in [1.54, 1.807) is 6.08 Å². The van der Waals surface area contributed by atoms with Gasteiger partial charge in [0, 0.05) is 6.42 Å². The Kier molecular flexibility index (Phi) is 52.7. The molecule has 0 saturated heterocycles. The first-order valence-corrected chi connectivity index (χ1v) is 28.6. The van der Waals surface area contributed by atoms with E-state index in [9.17, 15) is 19.8 Å². The Morgan fingerprint density at radius 1 is 0.449 bits per heavy atom. The van der Waals surface area contributed by atoms with Gasteiger partial charge in [-0.15, -0.1) is 0 Å². The fraction of sp³-hybridized carbons (Fsp3) is 0.683. The van der Waals surface area contributed by atoms with Crippen molar-refractivity contribution in [1.29, 1.82) is 0 Å². The van der Waals surface area contributed by atoms with Gasteiger partial charge in [-0.25, -0.2) is 0 Å². The van der Waals surface area contributed by atoms with Crippen LogP contribution >= 0.6 is 0 Å². The molecule has 3 N–H and O–H groups in total. The highest BCUT2D eigenvalue weighted by atomic mass is 16.5. The molecule has 3 atom stereocenters. The van der Waals surface area contributed by atoms with Crippen molar-refractivity contribution in [2.75, 3.05) is 6.61 Å². The Bertz CT molecular complexity index is 1400. The summed E-state index contributed by atoms with van der Waals surface area (Å²) in [5.74, 6) is -0.660. The number of unbranched alkanes of at least 4 members (excludes halogenated alkanes) is 22. The number of allylic oxidation sites excluding steroid dienone is 17. The van der Waals surface area contributed by atoms with Crippen LogP contribution < -0.4 is 5.32 Å². The van der Waals surface area contributed by atoms with Crippen molar-refractivity contribution in [2.45, 2.75) is 270 Å². The van der Waals surface area contributed by atoms with Crippen molar-refractivity contribution >= 4 is 11.9 Å². The second-order valence-corrected chi connectivity index (χ2v) is 19.0. The normalized spacial score (nSPS) is 14.0. The summed E-state index contributed by atoms with van der Waals surface area (Å²) in [6.45, 7) is 6.31. The summed E-state index contributed by atoms with van der Waals surface area (Å²) in [5, 5.41) is 23.8. The van der Waals surface area contributed by atoms with Crippen molar-refractivity contribution in [3.8, 4) is 0 Å². The summed E-state index contributed by atoms with van der Waals surface area (Å²) in [7, 11) is 0. The van der Waals surface area contributed by atoms with E-state index in [1.807, 2.05) is 6.08 Å². The van der Waals surface area contributed by atoms with E-state index in [4.69, 9.17) is 4.74 Å². The molecule has 394 valence electrons. The molecule has 0 heterocycles. The van der Waals surface area contributed by atoms with E-state index in [2.05, 4.69) is 123 Å². The lowest BCUT2D eigenvalue weighted by Gasteiger charge is -2.23. The minimum atomic E-state index is -0.831. The fourth-order valence-corrected chi connectivity index (χ4v) is 8.02. The Morgan fingerprint density at radius 3 is 1.26 bits per heavy atom. The van der Waals surface area contributed by atoms with Crippen LogP contribution in [-0.2, 0) is 14.3 Å². The van der Waals surface area contributed by atoms with E-state index in [0.29, 0.717) is 19.3 Å². The zero-order valence-corrected chi connectivity index (χ0v) is 44.9. The van der Waals surface area contributed by atoms with Crippen LogP contribution in [0.4, 0.5) is 0 Å². The summed E-state index contributed by atoms with van der Waals surface area (Å²) in [6, 6.07) is -0.755. The first-order chi connectivity index (χ1) is 34.0. The summed E-state index contributed by atoms with van der Waals surface area (Å²) >= 11 is 0. The maximum atomic E-state index is 13.2. The van der Waals surface area contributed by atoms with E-state index in [1.165, 1.54) is 109 Å². The van der Waals surface area contributed by atoms with Crippen LogP contribution in [0, 0.1) is 0 Å². The molecule has 0 rings (SSSR count). The summed E-state index contributed by atoms with van der Waals surface area (Å²) in [5.41, 5.74) is 0. The molecule has 0 aromatic carbocycles. The predicted octanol–water partition coefficient (Wildman–Crippen LogP) is 17.8. The Hall–Kier alpha value is -3.48. The smallest absolute Gasteiger partial charge is 0.306 e. The van der Waals surface area contributed by atoms with Gasteiger partial charge in [-0.3, -0.25) is 9.59 Å². The second kappa shape index (κ2) is 55.4. The van der Waals surface area contributed by atoms with Crippen LogP contribution in [-0.4, -0.2) is 46.9 Å². The third kappa shape index (κ3) is 50.7. The molecule has 0 spiro atoms. The molecular weight excluding hydrogens is 851 g/mol. The van der Waals surface area contributed by atoms with Gasteiger partial charge in [0.15, 0.2) is 0 Å². The molecule has 0 aromatic rings. The Labute approximate surface area is 426 Å². The average Bonchev–Trinajstić information content (AvgIpc) is 3.34. The number of hydrogen-bond acceptors (Lipinski definition) is 5. The maximum Gasteiger partial charge on any atom is 0.306 e. The molecule has 6 heteroatoms. The third-order valence-electron chi connectivity index (χ3n) is 12.3. The zero-order chi connectivity index (χ0) is 50.2. The molecular formula is C63H107NO5. The van der Waals surface area contributed by atoms with Crippen LogP contribution in [0.2, 0.25) is 0 Å². The van der Waals surface area contributed by atoms with Gasteiger partial charge in [-0.1, -0.05) is 252 Å². The molecule has 1 amide bonds. The number of carbonyl (C=O) groups excluding carboxylic acids is 2. The van der Waals surface area contributed by atoms with Gasteiger partial charge in [0.05, 0.1) is 25.2 Å². The highest BCUT2D eigenvalue weighted by Gasteiger charge is 2.23. The third-order valence-corrected chi connectivity index (χ3v) is 12.3. The highest BCUT2D eigenvalue weighted by Crippen LogP contribution is 2.16. The molecule has 0 bridgehead atoms. The highest BCUT2D eigenvalue weighted by molar-refractivity contribution is 5.78. The second-order valence-electron chi connectivity index (χ2n) is 19.0. The lowest BCUT2D eigenvalue weighted by Crippen LogP contribution is -2.46. The first-order valence-electron chi connectivity index (χ1n) is 28.6. The van der Waals surface area contributed by atoms with E-state index in [0.717, 1.165) is 96.3 Å². The van der Waals surface area contributed by atoms with Crippen molar-refractivity contribution in [3.05, 3.63) is 109 Å². The summed E-state index contributed by atoms with van der Waals surface area (Å²) in [4.78, 5) is 26.2. The van der Waals surface area contributed by atoms with Crippen LogP contribution in [0.1, 0.15) is 252 Å². The number of aliphatic hydroxyl groups is 2. The van der Waals surface area contributed by atoms with Gasteiger partial charge >= 0.3 is 5.97 Å². The van der Waals surface area contributed by atoms with Gasteiger partial charge in [0.1, 0.15) is 6.10 Å². The molecule has 0 aromatic heterocycles. The van der Waals surface area contributed by atoms with Gasteiger partial charge in [-0.2, -0.15) is 0 Å². The number of ether oxygens (including phenoxy) is 1. The quantitative estimate of drug-likeness (QED) is 0.0321. The summed E-state index contributed by atoms with van der Waals surface area (Å²) < 4.78 is 5.84. The molecule has 0 aliphatic carbocycles. The molecule has 0 aliphatic rings. The lowest BCUT2D eigenvalue weighted by atomic mass is 10.0. The van der Waals surface area contributed by atoms with Crippen LogP contribution in [0.3, 0.4) is 0 Å². The average molecular weight is 959 g/mol. The zero-order valence-electron chi connectivity index (χ0n) is 44.9. The van der Waals surface area contributed by atoms with Crippen molar-refractivity contribution in [2.24, 2.45) is 0 Å². The molecule has 3 unspecified atom stereocenters. The fourth-order valence-electron chi connectivity index (χ4n) is 8.02. The van der Waals surface area contributed by atoms with Gasteiger partial charge in [-0.05, 0) is 96.0 Å². The van der Waals surface area contributed by atoms with Crippen molar-refractivity contribution in [1.82, 2.24) is 5.32 Å². The van der Waals surface area contributed by atoms with Crippen LogP contribution in [0.25, 0.3) is 0 Å². The lowest BCUT2D eigenvalue weighted by molar-refractivity contribution is -0.148. The van der Waals surface area contributed by atoms with E-state index >= 15 is 0 Å². The monoisotopic (exact) mass is 958 g/mol. The van der Waals surface area contributed by atoms with E-state index < -0.39 is 18.2 Å². The van der Waals surface area contributed by atoms with Crippen LogP contribution in [0.15, 0.2) is 109 Å². The Morgan fingerprint density at radius 2 is 0.812 bits per heavy atom. The first kappa shape index (κ1) is 65.5. The Balaban J connectivity index is 4.78. The molecule has 6 nitrogen and oxygen atoms in total. The van der Waals surface area contributed by atoms with Crippen LogP contribution in [0.5, 0.6) is 0 Å². The number of nitrogens with one attached hydrogen (secondary N) is 1. The van der Waals surface area contributed by atoms with Gasteiger partial charge in [0.2, 0.25) is 5.91 Å². The number of amides is 1. The van der Waals surface area contributed by atoms with Crippen molar-refractivity contribution < 1.29 is 24.5 Å². The topological polar surface area (TPSA) is 95.9 Å². The molecule has 0 saturated carbocycles. The maximum absolute atomic E-state index is 13.2. The number of aliphatic hydroxyl groups excluding tert-OH is 2. The number of hydrogen-bond donors (Lipinski definition) is 3. The number of rotatable bonds is 50. The molecule has 0 radical (unpaired) electrons. The predicted molar refractivity (Wildman–Crippen MR) is 300 cm³/mol. The SMILES string of the molecule is CC/C=C\C/C=C\C/C=C\C/C=C\C/C=C\C/C=C\C(CC(=O)NC(CO)C(O)CCCCCCCCCCCCCCCCCC)OC(=O)CCCCCC/C=C\C/C=C\C/C=C\CCCCC. The van der Waals surface area contributed by atoms with Gasteiger partial charge < -0.3 is 20.3 Å². The largest absolute Gasteiger partial charge is 0.458 e. The number of carbonyl (C=O) groups is 2. The minimum Gasteiger partial charge on any atom is -0.458 e. The standard InChI is InChI=1S/C63H107NO5/c1-4-7-10-13-16-19-22-25-28-31-33-36-39-42-45-48-51-54-59(69-63(68)56-53-50-47-44-41-38-35-32-29-26-23-20-17-14-11-8-5-2)57-62(67)64-60(58-65)61(66)55-52-49-46-43-40-37-34-30-27-24-21-18-15-12-9-6-3/h7,10,16-17,19-20,25-26,28-29,33,35-36,38,42,45,51,54,59-61,65-66H,4-6,8-9,11-15,18,21-24,27,30-32,34,37,39-41,43-44,46-50,52-53,55-58H2,1-3H3,(H,64,67)/b10-7-,19-16-,20-17-,28-25-,29-26-,36-33-,38-35-,45-42-,54-51-. The minimum absolute atomic E-state index is 0.0621. The number of esters is 1.